The van der Waals surface area contributed by atoms with Gasteiger partial charge in [0.15, 0.2) is 0 Å². The average Bonchev–Trinajstić information content (AvgIpc) is 2.75. The third kappa shape index (κ3) is 7.49. The van der Waals surface area contributed by atoms with E-state index in [9.17, 15) is 13.6 Å². The van der Waals surface area contributed by atoms with Gasteiger partial charge in [-0.3, -0.25) is 0 Å². The van der Waals surface area contributed by atoms with Gasteiger partial charge in [0.05, 0.1) is 5.56 Å². The second-order valence-corrected chi connectivity index (χ2v) is 8.68. The molecule has 3 rings (SSSR count). The number of carbonyl (C=O) groups excluding carboxylic acids is 1. The quantitative estimate of drug-likeness (QED) is 0.168. The van der Waals surface area contributed by atoms with Crippen molar-refractivity contribution in [3.63, 3.8) is 0 Å². The van der Waals surface area contributed by atoms with Crippen LogP contribution in [0.1, 0.15) is 80.1 Å². The van der Waals surface area contributed by atoms with Crippen molar-refractivity contribution in [2.45, 2.75) is 69.8 Å². The molecule has 2 aromatic rings. The Morgan fingerprint density at radius 3 is 2.16 bits per heavy atom. The van der Waals surface area contributed by atoms with Crippen molar-refractivity contribution < 1.29 is 23.0 Å². The number of hydrogen-bond acceptors (Lipinski definition) is 3. The zero-order chi connectivity index (χ0) is 22.3. The van der Waals surface area contributed by atoms with Gasteiger partial charge >= 0.3 is 11.5 Å². The summed E-state index contributed by atoms with van der Waals surface area (Å²) in [4.78, 5) is 12.4. The van der Waals surface area contributed by atoms with E-state index in [4.69, 9.17) is 16.3 Å². The minimum atomic E-state index is -3.78. The molecule has 0 atom stereocenters. The van der Waals surface area contributed by atoms with Gasteiger partial charge in [0.25, 0.3) is 0 Å². The van der Waals surface area contributed by atoms with Crippen molar-refractivity contribution >= 4 is 17.6 Å². The van der Waals surface area contributed by atoms with Gasteiger partial charge in [0, 0.05) is 11.6 Å². The lowest BCUT2D eigenvalue weighted by molar-refractivity contribution is -0.0965. The Labute approximate surface area is 187 Å². The number of benzene rings is 2. The third-order valence-corrected chi connectivity index (χ3v) is 6.03. The Balaban J connectivity index is 1.50. The Morgan fingerprint density at radius 1 is 0.968 bits per heavy atom. The molecule has 0 aromatic heterocycles. The molecule has 0 heterocycles. The lowest BCUT2D eigenvalue weighted by atomic mass is 9.77. The average molecular weight is 451 g/mol. The summed E-state index contributed by atoms with van der Waals surface area (Å²) in [5.41, 5.74) is -2.06. The summed E-state index contributed by atoms with van der Waals surface area (Å²) in [5.74, 6) is 1.04. The highest BCUT2D eigenvalue weighted by Crippen LogP contribution is 2.37. The van der Waals surface area contributed by atoms with E-state index >= 15 is 0 Å². The van der Waals surface area contributed by atoms with Crippen LogP contribution in [0.5, 0.6) is 11.5 Å². The minimum absolute atomic E-state index is 0.121. The van der Waals surface area contributed by atoms with E-state index in [1.807, 2.05) is 12.1 Å². The molecule has 3 nitrogen and oxygen atoms in total. The van der Waals surface area contributed by atoms with Crippen molar-refractivity contribution in [2.75, 3.05) is 0 Å². The molecule has 0 spiro atoms. The van der Waals surface area contributed by atoms with E-state index in [0.29, 0.717) is 11.5 Å². The predicted octanol–water partition coefficient (Wildman–Crippen LogP) is 7.93. The first-order valence-corrected chi connectivity index (χ1v) is 11.4. The summed E-state index contributed by atoms with van der Waals surface area (Å²) in [6.45, 7) is 2.24. The molecule has 1 aliphatic carbocycles. The lowest BCUT2D eigenvalue weighted by Gasteiger charge is -2.29. The molecule has 1 saturated carbocycles. The largest absolute Gasteiger partial charge is 0.487 e. The van der Waals surface area contributed by atoms with Crippen molar-refractivity contribution in [3.8, 4) is 11.5 Å². The highest BCUT2D eigenvalue weighted by atomic mass is 35.5. The standard InChI is InChI=1S/C25H29ClF2O3/c1-2-3-4-5-18-6-8-19(9-7-18)20-10-12-21(13-11-20)24(29)30-22-14-16-23(17-15-22)31-25(26,27)28/h10-19H,2-9H2,1H3. The number of ether oxygens (including phenoxy) is 2. The van der Waals surface area contributed by atoms with Crippen molar-refractivity contribution in [3.05, 3.63) is 59.7 Å². The first kappa shape index (κ1) is 23.5. The van der Waals surface area contributed by atoms with Crippen LogP contribution in [0.15, 0.2) is 48.5 Å². The fourth-order valence-corrected chi connectivity index (χ4v) is 4.32. The molecular formula is C25H29ClF2O3. The van der Waals surface area contributed by atoms with Gasteiger partial charge in [-0.2, -0.15) is 0 Å². The SMILES string of the molecule is CCCCCC1CCC(c2ccc(C(=O)Oc3ccc(OC(F)(F)Cl)cc3)cc2)CC1. The van der Waals surface area contributed by atoms with Crippen LogP contribution < -0.4 is 9.47 Å². The molecule has 0 saturated heterocycles. The molecule has 0 unspecified atom stereocenters. The van der Waals surface area contributed by atoms with E-state index < -0.39 is 11.5 Å². The zero-order valence-corrected chi connectivity index (χ0v) is 18.5. The Bertz CT molecular complexity index is 823. The third-order valence-electron chi connectivity index (χ3n) is 5.95. The monoisotopic (exact) mass is 450 g/mol. The number of alkyl halides is 3. The molecule has 0 bridgehead atoms. The second kappa shape index (κ2) is 10.9. The summed E-state index contributed by atoms with van der Waals surface area (Å²) >= 11 is 4.73. The minimum Gasteiger partial charge on any atom is -0.423 e. The van der Waals surface area contributed by atoms with E-state index in [1.54, 1.807) is 12.1 Å². The molecule has 31 heavy (non-hydrogen) atoms. The number of rotatable bonds is 9. The highest BCUT2D eigenvalue weighted by Gasteiger charge is 2.27. The molecule has 0 amide bonds. The lowest BCUT2D eigenvalue weighted by Crippen LogP contribution is -2.15. The van der Waals surface area contributed by atoms with Crippen molar-refractivity contribution in [1.29, 1.82) is 0 Å². The van der Waals surface area contributed by atoms with Gasteiger partial charge in [-0.05, 0) is 79.5 Å². The first-order valence-electron chi connectivity index (χ1n) is 11.0. The Morgan fingerprint density at radius 2 is 1.58 bits per heavy atom. The molecule has 0 radical (unpaired) electrons. The topological polar surface area (TPSA) is 35.5 Å². The zero-order valence-electron chi connectivity index (χ0n) is 17.8. The smallest absolute Gasteiger partial charge is 0.423 e. The van der Waals surface area contributed by atoms with Crippen LogP contribution in [-0.4, -0.2) is 11.5 Å². The summed E-state index contributed by atoms with van der Waals surface area (Å²) in [6.07, 6.45) is 10.3. The van der Waals surface area contributed by atoms with Gasteiger partial charge in [0.2, 0.25) is 0 Å². The Hall–Kier alpha value is -2.14. The fourth-order valence-electron chi connectivity index (χ4n) is 4.23. The number of carbonyl (C=O) groups is 1. The van der Waals surface area contributed by atoms with Gasteiger partial charge in [-0.25, -0.2) is 4.79 Å². The number of unbranched alkanes of at least 4 members (excludes halogenated alkanes) is 2. The summed E-state index contributed by atoms with van der Waals surface area (Å²) < 4.78 is 34.9. The maximum atomic E-state index is 12.6. The van der Waals surface area contributed by atoms with Crippen LogP contribution in [0.3, 0.4) is 0 Å². The maximum absolute atomic E-state index is 12.6. The maximum Gasteiger partial charge on any atom is 0.487 e. The van der Waals surface area contributed by atoms with E-state index in [2.05, 4.69) is 11.7 Å². The number of esters is 1. The van der Waals surface area contributed by atoms with Crippen LogP contribution >= 0.6 is 11.6 Å². The van der Waals surface area contributed by atoms with Gasteiger partial charge < -0.3 is 9.47 Å². The van der Waals surface area contributed by atoms with E-state index in [0.717, 1.165) is 5.92 Å². The molecule has 6 heteroatoms. The second-order valence-electron chi connectivity index (χ2n) is 8.24. The van der Waals surface area contributed by atoms with Gasteiger partial charge in [0.1, 0.15) is 11.5 Å². The molecule has 2 aromatic carbocycles. The molecule has 0 N–H and O–H groups in total. The molecule has 1 aliphatic rings. The van der Waals surface area contributed by atoms with Crippen LogP contribution in [0.25, 0.3) is 0 Å². The predicted molar refractivity (Wildman–Crippen MR) is 118 cm³/mol. The van der Waals surface area contributed by atoms with Crippen LogP contribution in [0.2, 0.25) is 0 Å². The van der Waals surface area contributed by atoms with E-state index in [1.165, 1.54) is 81.2 Å². The first-order chi connectivity index (χ1) is 14.8. The Kier molecular flexibility index (Phi) is 8.30. The van der Waals surface area contributed by atoms with Crippen LogP contribution in [-0.2, 0) is 0 Å². The van der Waals surface area contributed by atoms with E-state index in [-0.39, 0.29) is 11.5 Å². The number of halogens is 3. The summed E-state index contributed by atoms with van der Waals surface area (Å²) in [7, 11) is 0. The fraction of sp³-hybridized carbons (Fsp3) is 0.480. The summed E-state index contributed by atoms with van der Waals surface area (Å²) in [6, 6.07) is 12.9. The van der Waals surface area contributed by atoms with Crippen LogP contribution in [0, 0.1) is 5.92 Å². The molecule has 0 aliphatic heterocycles. The molecular weight excluding hydrogens is 422 g/mol. The molecule has 168 valence electrons. The normalized spacial score (nSPS) is 19.1. The highest BCUT2D eigenvalue weighted by molar-refractivity contribution is 6.20. The van der Waals surface area contributed by atoms with Gasteiger partial charge in [-0.1, -0.05) is 44.7 Å². The van der Waals surface area contributed by atoms with Gasteiger partial charge in [-0.15, -0.1) is 8.78 Å². The molecule has 1 fully saturated rings. The summed E-state index contributed by atoms with van der Waals surface area (Å²) in [5, 5.41) is 0. The number of hydrogen-bond donors (Lipinski definition) is 0. The van der Waals surface area contributed by atoms with Crippen molar-refractivity contribution in [2.24, 2.45) is 5.92 Å². The van der Waals surface area contributed by atoms with Crippen molar-refractivity contribution in [1.82, 2.24) is 0 Å². The van der Waals surface area contributed by atoms with Crippen LogP contribution in [0.4, 0.5) is 8.78 Å².